The highest BCUT2D eigenvalue weighted by Crippen LogP contribution is 2.19. The zero-order valence-corrected chi connectivity index (χ0v) is 18.5. The fourth-order valence-corrected chi connectivity index (χ4v) is 4.93. The molecule has 0 bridgehead atoms. The number of amides is 1. The van der Waals surface area contributed by atoms with E-state index in [2.05, 4.69) is 21.9 Å². The topological polar surface area (TPSA) is 78.5 Å². The Morgan fingerprint density at radius 1 is 1.13 bits per heavy atom. The molecule has 2 N–H and O–H groups in total. The number of nitrogens with one attached hydrogen (secondary N) is 2. The molecule has 1 amide bonds. The smallest absolute Gasteiger partial charge is 0.255 e. The molecular weight excluding hydrogens is 398 g/mol. The van der Waals surface area contributed by atoms with E-state index in [0.29, 0.717) is 23.4 Å². The maximum Gasteiger partial charge on any atom is 0.255 e. The fourth-order valence-electron chi connectivity index (χ4n) is 3.81. The summed E-state index contributed by atoms with van der Waals surface area (Å²) in [5.41, 5.74) is 2.74. The number of anilines is 2. The number of hydrogen-bond acceptors (Lipinski definition) is 4. The van der Waals surface area contributed by atoms with E-state index in [1.807, 2.05) is 24.3 Å². The lowest BCUT2D eigenvalue weighted by molar-refractivity contribution is 0.102. The van der Waals surface area contributed by atoms with Crippen LogP contribution in [-0.4, -0.2) is 38.1 Å². The van der Waals surface area contributed by atoms with Crippen LogP contribution in [0.25, 0.3) is 0 Å². The van der Waals surface area contributed by atoms with Crippen LogP contribution < -0.4 is 10.0 Å². The Labute approximate surface area is 179 Å². The van der Waals surface area contributed by atoms with Gasteiger partial charge in [0, 0.05) is 30.0 Å². The van der Waals surface area contributed by atoms with Gasteiger partial charge in [0.1, 0.15) is 0 Å². The molecule has 1 unspecified atom stereocenters. The standard InChI is InChI=1S/C23H31N3O3S/c1-3-14-30(28,29)25-22-8-4-7-20(15-22)23(27)24-21-11-9-19(10-12-21)17-26-13-5-6-18(2)16-26/h4,7-12,15,18,25H,3,5-6,13-14,16-17H2,1-2H3,(H,24,27). The first-order chi connectivity index (χ1) is 14.3. The van der Waals surface area contributed by atoms with Crippen LogP contribution in [0.4, 0.5) is 11.4 Å². The summed E-state index contributed by atoms with van der Waals surface area (Å²) < 4.78 is 26.4. The molecule has 1 atom stereocenters. The van der Waals surface area contributed by atoms with Crippen molar-refractivity contribution in [2.24, 2.45) is 5.92 Å². The predicted octanol–water partition coefficient (Wildman–Crippen LogP) is 4.32. The van der Waals surface area contributed by atoms with Gasteiger partial charge in [-0.25, -0.2) is 8.42 Å². The fraction of sp³-hybridized carbons (Fsp3) is 0.435. The maximum absolute atomic E-state index is 12.6. The number of carbonyl (C=O) groups is 1. The van der Waals surface area contributed by atoms with Crippen LogP contribution in [0, 0.1) is 5.92 Å². The first kappa shape index (κ1) is 22.3. The third-order valence-electron chi connectivity index (χ3n) is 5.23. The Morgan fingerprint density at radius 3 is 2.60 bits per heavy atom. The maximum atomic E-state index is 12.6. The molecule has 0 spiro atoms. The van der Waals surface area contributed by atoms with E-state index in [1.165, 1.54) is 18.4 Å². The van der Waals surface area contributed by atoms with Crippen molar-refractivity contribution < 1.29 is 13.2 Å². The molecule has 7 heteroatoms. The lowest BCUT2D eigenvalue weighted by Crippen LogP contribution is -2.33. The van der Waals surface area contributed by atoms with Crippen LogP contribution in [0.15, 0.2) is 48.5 Å². The third-order valence-corrected chi connectivity index (χ3v) is 6.72. The highest BCUT2D eigenvalue weighted by molar-refractivity contribution is 7.92. The van der Waals surface area contributed by atoms with Gasteiger partial charge in [-0.3, -0.25) is 14.4 Å². The van der Waals surface area contributed by atoms with Gasteiger partial charge < -0.3 is 5.32 Å². The molecule has 1 aliphatic heterocycles. The molecule has 1 heterocycles. The summed E-state index contributed by atoms with van der Waals surface area (Å²) in [7, 11) is -3.39. The van der Waals surface area contributed by atoms with E-state index < -0.39 is 10.0 Å². The molecule has 6 nitrogen and oxygen atoms in total. The Hall–Kier alpha value is -2.38. The third kappa shape index (κ3) is 6.57. The van der Waals surface area contributed by atoms with Gasteiger partial charge in [0.05, 0.1) is 5.75 Å². The van der Waals surface area contributed by atoms with E-state index in [1.54, 1.807) is 31.2 Å². The van der Waals surface area contributed by atoms with Crippen molar-refractivity contribution >= 4 is 27.3 Å². The summed E-state index contributed by atoms with van der Waals surface area (Å²) in [6.07, 6.45) is 3.09. The van der Waals surface area contributed by atoms with Crippen molar-refractivity contribution in [2.75, 3.05) is 28.9 Å². The van der Waals surface area contributed by atoms with E-state index in [-0.39, 0.29) is 11.7 Å². The van der Waals surface area contributed by atoms with Crippen LogP contribution in [-0.2, 0) is 16.6 Å². The summed E-state index contributed by atoms with van der Waals surface area (Å²) in [6, 6.07) is 14.4. The van der Waals surface area contributed by atoms with Gasteiger partial charge in [0.15, 0.2) is 0 Å². The van der Waals surface area contributed by atoms with Crippen molar-refractivity contribution in [3.8, 4) is 0 Å². The quantitative estimate of drug-likeness (QED) is 0.655. The first-order valence-corrected chi connectivity index (χ1v) is 12.2. The molecule has 0 saturated carbocycles. The second-order valence-corrected chi connectivity index (χ2v) is 9.98. The zero-order chi connectivity index (χ0) is 21.6. The number of benzene rings is 2. The average molecular weight is 430 g/mol. The second kappa shape index (κ2) is 10.1. The van der Waals surface area contributed by atoms with Gasteiger partial charge in [-0.1, -0.05) is 32.0 Å². The number of nitrogens with zero attached hydrogens (tertiary/aromatic N) is 1. The van der Waals surface area contributed by atoms with Crippen molar-refractivity contribution in [3.63, 3.8) is 0 Å². The summed E-state index contributed by atoms with van der Waals surface area (Å²) in [5.74, 6) is 0.523. The van der Waals surface area contributed by atoms with Crippen molar-refractivity contribution in [1.29, 1.82) is 0 Å². The van der Waals surface area contributed by atoms with Crippen molar-refractivity contribution in [3.05, 3.63) is 59.7 Å². The van der Waals surface area contributed by atoms with Gasteiger partial charge in [-0.2, -0.15) is 0 Å². The highest BCUT2D eigenvalue weighted by atomic mass is 32.2. The first-order valence-electron chi connectivity index (χ1n) is 10.6. The number of hydrogen-bond donors (Lipinski definition) is 2. The molecule has 0 aromatic heterocycles. The number of piperidine rings is 1. The predicted molar refractivity (Wildman–Crippen MR) is 122 cm³/mol. The molecule has 1 fully saturated rings. The SMILES string of the molecule is CCCS(=O)(=O)Nc1cccc(C(=O)Nc2ccc(CN3CCCC(C)C3)cc2)c1. The minimum atomic E-state index is -3.39. The van der Waals surface area contributed by atoms with Gasteiger partial charge >= 0.3 is 0 Å². The lowest BCUT2D eigenvalue weighted by atomic mass is 10.00. The molecule has 30 heavy (non-hydrogen) atoms. The Morgan fingerprint density at radius 2 is 1.90 bits per heavy atom. The normalized spacial score (nSPS) is 17.5. The van der Waals surface area contributed by atoms with Crippen LogP contribution in [0.5, 0.6) is 0 Å². The number of sulfonamides is 1. The van der Waals surface area contributed by atoms with Crippen LogP contribution in [0.3, 0.4) is 0 Å². The number of carbonyl (C=O) groups excluding carboxylic acids is 1. The van der Waals surface area contributed by atoms with E-state index in [9.17, 15) is 13.2 Å². The van der Waals surface area contributed by atoms with Gasteiger partial charge in [-0.15, -0.1) is 0 Å². The van der Waals surface area contributed by atoms with Crippen LogP contribution in [0.2, 0.25) is 0 Å². The second-order valence-electron chi connectivity index (χ2n) is 8.14. The summed E-state index contributed by atoms with van der Waals surface area (Å²) in [4.78, 5) is 15.1. The van der Waals surface area contributed by atoms with Crippen molar-refractivity contribution in [1.82, 2.24) is 4.90 Å². The van der Waals surface area contributed by atoms with E-state index in [4.69, 9.17) is 0 Å². The largest absolute Gasteiger partial charge is 0.322 e. The van der Waals surface area contributed by atoms with Gasteiger partial charge in [0.2, 0.25) is 10.0 Å². The zero-order valence-electron chi connectivity index (χ0n) is 17.7. The Balaban J connectivity index is 1.60. The number of rotatable bonds is 8. The lowest BCUT2D eigenvalue weighted by Gasteiger charge is -2.30. The molecule has 1 saturated heterocycles. The van der Waals surface area contributed by atoms with Crippen LogP contribution >= 0.6 is 0 Å². The van der Waals surface area contributed by atoms with Gasteiger partial charge in [-0.05, 0) is 67.6 Å². The molecule has 2 aromatic rings. The summed E-state index contributed by atoms with van der Waals surface area (Å²) in [6.45, 7) is 7.31. The summed E-state index contributed by atoms with van der Waals surface area (Å²) in [5, 5.41) is 2.88. The number of likely N-dealkylation sites (tertiary alicyclic amines) is 1. The van der Waals surface area contributed by atoms with Crippen LogP contribution in [0.1, 0.15) is 49.0 Å². The van der Waals surface area contributed by atoms with E-state index >= 15 is 0 Å². The molecule has 3 rings (SSSR count). The molecule has 1 aliphatic rings. The summed E-state index contributed by atoms with van der Waals surface area (Å²) >= 11 is 0. The minimum absolute atomic E-state index is 0.0477. The molecule has 162 valence electrons. The Bertz CT molecular complexity index is 958. The van der Waals surface area contributed by atoms with Crippen molar-refractivity contribution in [2.45, 2.75) is 39.7 Å². The molecule has 2 aromatic carbocycles. The molecular formula is C23H31N3O3S. The average Bonchev–Trinajstić information content (AvgIpc) is 2.69. The molecule has 0 radical (unpaired) electrons. The van der Waals surface area contributed by atoms with Gasteiger partial charge in [0.25, 0.3) is 5.91 Å². The molecule has 0 aliphatic carbocycles. The highest BCUT2D eigenvalue weighted by Gasteiger charge is 2.16. The monoisotopic (exact) mass is 429 g/mol. The van der Waals surface area contributed by atoms with E-state index in [0.717, 1.165) is 25.6 Å². The Kier molecular flexibility index (Phi) is 7.50. The minimum Gasteiger partial charge on any atom is -0.322 e.